The van der Waals surface area contributed by atoms with Crippen LogP contribution in [0, 0.1) is 0 Å². The number of halogens is 1. The van der Waals surface area contributed by atoms with Gasteiger partial charge in [-0.1, -0.05) is 55.9 Å². The number of nitrogens with zero attached hydrogens (tertiary/aromatic N) is 1. The topological polar surface area (TPSA) is 12.9 Å². The standard InChI is InChI=1S/C13H22BrNSi/c1-13(2,3)16(4,5)12(9-14)11-7-6-8-15-10-11/h6-8,10,12H,9H2,1-5H3. The monoisotopic (exact) mass is 299 g/mol. The predicted molar refractivity (Wildman–Crippen MR) is 78.0 cm³/mol. The Morgan fingerprint density at radius 1 is 1.38 bits per heavy atom. The lowest BCUT2D eigenvalue weighted by molar-refractivity contribution is 0.697. The van der Waals surface area contributed by atoms with Gasteiger partial charge in [0.2, 0.25) is 0 Å². The van der Waals surface area contributed by atoms with Crippen LogP contribution >= 0.6 is 15.9 Å². The van der Waals surface area contributed by atoms with Crippen LogP contribution in [0.4, 0.5) is 0 Å². The third-order valence-electron chi connectivity index (χ3n) is 4.05. The summed E-state index contributed by atoms with van der Waals surface area (Å²) in [7, 11) is -1.36. The van der Waals surface area contributed by atoms with Crippen LogP contribution in [0.3, 0.4) is 0 Å². The van der Waals surface area contributed by atoms with Crippen LogP contribution < -0.4 is 0 Å². The van der Waals surface area contributed by atoms with Gasteiger partial charge in [-0.05, 0) is 22.2 Å². The molecule has 3 heteroatoms. The van der Waals surface area contributed by atoms with Crippen molar-refractivity contribution in [3.05, 3.63) is 30.1 Å². The first-order valence-corrected chi connectivity index (χ1v) is 9.96. The summed E-state index contributed by atoms with van der Waals surface area (Å²) in [4.78, 5) is 4.25. The second-order valence-electron chi connectivity index (χ2n) is 5.96. The number of pyridine rings is 1. The average Bonchev–Trinajstić information content (AvgIpc) is 2.18. The number of aromatic nitrogens is 1. The maximum Gasteiger partial charge on any atom is 0.0616 e. The molecule has 1 aromatic rings. The van der Waals surface area contributed by atoms with Crippen molar-refractivity contribution in [3.63, 3.8) is 0 Å². The van der Waals surface area contributed by atoms with Crippen LogP contribution in [0.15, 0.2) is 24.5 Å². The third-order valence-corrected chi connectivity index (χ3v) is 11.4. The Morgan fingerprint density at radius 3 is 2.38 bits per heavy atom. The van der Waals surface area contributed by atoms with E-state index < -0.39 is 8.07 Å². The molecule has 0 aliphatic carbocycles. The Kier molecular flexibility index (Phi) is 4.35. The smallest absolute Gasteiger partial charge is 0.0616 e. The van der Waals surface area contributed by atoms with E-state index in [4.69, 9.17) is 0 Å². The first kappa shape index (κ1) is 13.9. The zero-order valence-electron chi connectivity index (χ0n) is 10.9. The van der Waals surface area contributed by atoms with Crippen molar-refractivity contribution in [1.29, 1.82) is 0 Å². The first-order chi connectivity index (χ1) is 7.30. The van der Waals surface area contributed by atoms with Gasteiger partial charge < -0.3 is 0 Å². The maximum atomic E-state index is 4.25. The summed E-state index contributed by atoms with van der Waals surface area (Å²) >= 11 is 3.69. The summed E-state index contributed by atoms with van der Waals surface area (Å²) < 4.78 is 0. The molecule has 1 atom stereocenters. The van der Waals surface area contributed by atoms with Crippen LogP contribution in [0.1, 0.15) is 31.9 Å². The number of hydrogen-bond acceptors (Lipinski definition) is 1. The van der Waals surface area contributed by atoms with Crippen molar-refractivity contribution in [2.24, 2.45) is 0 Å². The molecule has 0 aromatic carbocycles. The van der Waals surface area contributed by atoms with E-state index in [1.165, 1.54) is 5.56 Å². The SMILES string of the molecule is CC(C)(C)[Si](C)(C)C(CBr)c1cccnc1. The molecule has 0 spiro atoms. The van der Waals surface area contributed by atoms with Crippen LogP contribution in [0.25, 0.3) is 0 Å². The Labute approximate surface area is 109 Å². The molecule has 90 valence electrons. The highest BCUT2D eigenvalue weighted by Gasteiger charge is 2.42. The zero-order chi connectivity index (χ0) is 12.4. The molecule has 0 N–H and O–H groups in total. The summed E-state index contributed by atoms with van der Waals surface area (Å²) in [5, 5.41) is 1.44. The fourth-order valence-electron chi connectivity index (χ4n) is 1.80. The van der Waals surface area contributed by atoms with Gasteiger partial charge in [0.05, 0.1) is 8.07 Å². The van der Waals surface area contributed by atoms with Crippen molar-refractivity contribution in [2.45, 2.75) is 44.4 Å². The van der Waals surface area contributed by atoms with E-state index in [-0.39, 0.29) is 0 Å². The van der Waals surface area contributed by atoms with E-state index in [0.717, 1.165) is 5.33 Å². The van der Waals surface area contributed by atoms with E-state index in [1.807, 2.05) is 18.5 Å². The molecular weight excluding hydrogens is 278 g/mol. The summed E-state index contributed by atoms with van der Waals surface area (Å²) in [5.74, 6) is 0. The molecule has 0 aliphatic rings. The molecule has 0 fully saturated rings. The van der Waals surface area contributed by atoms with Gasteiger partial charge in [-0.3, -0.25) is 4.98 Å². The Morgan fingerprint density at radius 2 is 2.00 bits per heavy atom. The molecule has 1 unspecified atom stereocenters. The quantitative estimate of drug-likeness (QED) is 0.587. The van der Waals surface area contributed by atoms with Gasteiger partial charge in [-0.25, -0.2) is 0 Å². The molecule has 1 aromatic heterocycles. The largest absolute Gasteiger partial charge is 0.264 e. The summed E-state index contributed by atoms with van der Waals surface area (Å²) in [6.07, 6.45) is 3.87. The van der Waals surface area contributed by atoms with Gasteiger partial charge in [0.25, 0.3) is 0 Å². The molecule has 1 nitrogen and oxygen atoms in total. The second-order valence-corrected chi connectivity index (χ2v) is 12.3. The lowest BCUT2D eigenvalue weighted by Crippen LogP contribution is -2.44. The van der Waals surface area contributed by atoms with E-state index in [2.05, 4.69) is 60.8 Å². The van der Waals surface area contributed by atoms with Crippen LogP contribution in [-0.2, 0) is 0 Å². The third kappa shape index (κ3) is 2.75. The predicted octanol–water partition coefficient (Wildman–Crippen LogP) is 4.61. The fourth-order valence-corrected chi connectivity index (χ4v) is 7.04. The number of hydrogen-bond donors (Lipinski definition) is 0. The average molecular weight is 300 g/mol. The van der Waals surface area contributed by atoms with Crippen LogP contribution in [0.2, 0.25) is 18.1 Å². The van der Waals surface area contributed by atoms with E-state index >= 15 is 0 Å². The van der Waals surface area contributed by atoms with E-state index in [1.54, 1.807) is 0 Å². The molecule has 0 amide bonds. The van der Waals surface area contributed by atoms with Crippen molar-refractivity contribution in [3.8, 4) is 0 Å². The van der Waals surface area contributed by atoms with Gasteiger partial charge in [0.15, 0.2) is 0 Å². The Bertz CT molecular complexity index is 330. The summed E-state index contributed by atoms with van der Waals surface area (Å²) in [6.45, 7) is 12.1. The lowest BCUT2D eigenvalue weighted by Gasteiger charge is -2.43. The molecular formula is C13H22BrNSi. The van der Waals surface area contributed by atoms with Crippen molar-refractivity contribution in [1.82, 2.24) is 4.98 Å². The Balaban J connectivity index is 3.09. The van der Waals surface area contributed by atoms with Gasteiger partial charge in [0, 0.05) is 17.7 Å². The Hall–Kier alpha value is -0.153. The first-order valence-electron chi connectivity index (χ1n) is 5.76. The van der Waals surface area contributed by atoms with Crippen LogP contribution in [-0.4, -0.2) is 18.4 Å². The highest BCUT2D eigenvalue weighted by Crippen LogP contribution is 2.45. The highest BCUT2D eigenvalue weighted by molar-refractivity contribution is 9.09. The molecule has 0 saturated heterocycles. The van der Waals surface area contributed by atoms with Crippen LogP contribution in [0.5, 0.6) is 0 Å². The minimum Gasteiger partial charge on any atom is -0.264 e. The maximum absolute atomic E-state index is 4.25. The molecule has 16 heavy (non-hydrogen) atoms. The lowest BCUT2D eigenvalue weighted by atomic mass is 10.2. The van der Waals surface area contributed by atoms with Gasteiger partial charge in [-0.15, -0.1) is 0 Å². The van der Waals surface area contributed by atoms with Crippen molar-refractivity contribution < 1.29 is 0 Å². The number of alkyl halides is 1. The minimum absolute atomic E-state index is 0.404. The van der Waals surface area contributed by atoms with Gasteiger partial charge >= 0.3 is 0 Å². The van der Waals surface area contributed by atoms with E-state index in [9.17, 15) is 0 Å². The summed E-state index contributed by atoms with van der Waals surface area (Å²) in [5.41, 5.74) is 2.01. The minimum atomic E-state index is -1.36. The molecule has 0 saturated carbocycles. The van der Waals surface area contributed by atoms with Crippen molar-refractivity contribution >= 4 is 24.0 Å². The molecule has 0 bridgehead atoms. The summed E-state index contributed by atoms with van der Waals surface area (Å²) in [6, 6.07) is 4.25. The highest BCUT2D eigenvalue weighted by atomic mass is 79.9. The molecule has 1 heterocycles. The van der Waals surface area contributed by atoms with Gasteiger partial charge in [0.1, 0.15) is 0 Å². The molecule has 0 aliphatic heterocycles. The van der Waals surface area contributed by atoms with Crippen molar-refractivity contribution in [2.75, 3.05) is 5.33 Å². The fraction of sp³-hybridized carbons (Fsp3) is 0.615. The van der Waals surface area contributed by atoms with Gasteiger partial charge in [-0.2, -0.15) is 0 Å². The normalized spacial score (nSPS) is 14.9. The zero-order valence-corrected chi connectivity index (χ0v) is 13.5. The molecule has 0 radical (unpaired) electrons. The van der Waals surface area contributed by atoms with E-state index in [0.29, 0.717) is 10.6 Å². The number of rotatable bonds is 3. The second kappa shape index (κ2) is 5.01. The molecule has 1 rings (SSSR count).